The Bertz CT molecular complexity index is 861. The number of nitro groups is 1. The van der Waals surface area contributed by atoms with E-state index in [2.05, 4.69) is 0 Å². The number of ketones is 1. The number of nitro benzene ring substituents is 1. The molecule has 0 saturated heterocycles. The van der Waals surface area contributed by atoms with E-state index in [0.29, 0.717) is 5.56 Å². The summed E-state index contributed by atoms with van der Waals surface area (Å²) in [4.78, 5) is 34.9. The first-order valence-corrected chi connectivity index (χ1v) is 7.57. The van der Waals surface area contributed by atoms with Gasteiger partial charge in [-0.25, -0.2) is 4.79 Å². The number of hydrogen-bond donors (Lipinski definition) is 1. The Morgan fingerprint density at radius 1 is 1.16 bits per heavy atom. The average Bonchev–Trinajstić information content (AvgIpc) is 2.56. The maximum atomic E-state index is 12.5. The predicted octanol–water partition coefficient (Wildman–Crippen LogP) is 3.22. The number of esters is 1. The summed E-state index contributed by atoms with van der Waals surface area (Å²) in [5.41, 5.74) is 7.19. The van der Waals surface area contributed by atoms with Gasteiger partial charge in [0.05, 0.1) is 10.5 Å². The van der Waals surface area contributed by atoms with Gasteiger partial charge in [-0.05, 0) is 44.5 Å². The van der Waals surface area contributed by atoms with Crippen molar-refractivity contribution in [2.45, 2.75) is 26.9 Å². The Balaban J connectivity index is 2.20. The second kappa shape index (κ2) is 7.12. The first-order valence-electron chi connectivity index (χ1n) is 7.57. The molecule has 0 amide bonds. The molecule has 0 aliphatic rings. The van der Waals surface area contributed by atoms with E-state index in [1.54, 1.807) is 13.0 Å². The summed E-state index contributed by atoms with van der Waals surface area (Å²) < 4.78 is 5.17. The van der Waals surface area contributed by atoms with Crippen molar-refractivity contribution >= 4 is 23.1 Å². The number of benzene rings is 2. The third-order valence-electron chi connectivity index (χ3n) is 3.77. The van der Waals surface area contributed by atoms with Crippen LogP contribution in [0.3, 0.4) is 0 Å². The third kappa shape index (κ3) is 4.00. The van der Waals surface area contributed by atoms with Crippen molar-refractivity contribution in [2.75, 3.05) is 5.73 Å². The fraction of sp³-hybridized carbons (Fsp3) is 0.222. The maximum absolute atomic E-state index is 12.5. The van der Waals surface area contributed by atoms with Crippen molar-refractivity contribution in [3.63, 3.8) is 0 Å². The van der Waals surface area contributed by atoms with Crippen LogP contribution < -0.4 is 5.73 Å². The quantitative estimate of drug-likeness (QED) is 0.293. The normalized spacial score (nSPS) is 11.6. The zero-order valence-corrected chi connectivity index (χ0v) is 14.1. The smallest absolute Gasteiger partial charge is 0.339 e. The Morgan fingerprint density at radius 3 is 2.48 bits per heavy atom. The van der Waals surface area contributed by atoms with E-state index in [9.17, 15) is 19.7 Å². The minimum absolute atomic E-state index is 0.0403. The number of carbonyl (C=O) groups is 2. The van der Waals surface area contributed by atoms with Crippen LogP contribution in [0.2, 0.25) is 0 Å². The van der Waals surface area contributed by atoms with Gasteiger partial charge in [-0.15, -0.1) is 0 Å². The molecular weight excluding hydrogens is 324 g/mol. The molecule has 0 unspecified atom stereocenters. The molecule has 0 fully saturated rings. The fourth-order valence-corrected chi connectivity index (χ4v) is 2.33. The largest absolute Gasteiger partial charge is 0.451 e. The van der Waals surface area contributed by atoms with Gasteiger partial charge in [0.1, 0.15) is 5.69 Å². The summed E-state index contributed by atoms with van der Waals surface area (Å²) in [5, 5.41) is 10.9. The minimum Gasteiger partial charge on any atom is -0.451 e. The first kappa shape index (κ1) is 18.1. The fourth-order valence-electron chi connectivity index (χ4n) is 2.33. The monoisotopic (exact) mass is 342 g/mol. The number of nitrogen functional groups attached to an aromatic ring is 1. The lowest BCUT2D eigenvalue weighted by Crippen LogP contribution is -2.25. The number of Topliss-reactive ketones (excluding diaryl/α,β-unsaturated/α-hetero) is 1. The zero-order valence-electron chi connectivity index (χ0n) is 14.1. The molecule has 7 nitrogen and oxygen atoms in total. The van der Waals surface area contributed by atoms with Crippen LogP contribution in [0.25, 0.3) is 0 Å². The zero-order chi connectivity index (χ0) is 18.7. The van der Waals surface area contributed by atoms with Crippen LogP contribution in [-0.2, 0) is 4.74 Å². The summed E-state index contributed by atoms with van der Waals surface area (Å²) in [6.45, 7) is 5.12. The molecule has 1 atom stereocenters. The molecule has 0 saturated carbocycles. The highest BCUT2D eigenvalue weighted by molar-refractivity contribution is 6.02. The maximum Gasteiger partial charge on any atom is 0.339 e. The molecule has 2 aromatic carbocycles. The Labute approximate surface area is 144 Å². The highest BCUT2D eigenvalue weighted by Gasteiger charge is 2.23. The van der Waals surface area contributed by atoms with Crippen LogP contribution >= 0.6 is 0 Å². The lowest BCUT2D eigenvalue weighted by atomic mass is 9.99. The number of carbonyl (C=O) groups excluding carboxylic acids is 2. The van der Waals surface area contributed by atoms with Crippen molar-refractivity contribution in [3.05, 3.63) is 68.8 Å². The molecule has 0 spiro atoms. The van der Waals surface area contributed by atoms with Crippen LogP contribution in [0.4, 0.5) is 11.4 Å². The van der Waals surface area contributed by atoms with Crippen molar-refractivity contribution in [1.82, 2.24) is 0 Å². The molecule has 0 radical (unpaired) electrons. The molecule has 2 N–H and O–H groups in total. The van der Waals surface area contributed by atoms with E-state index in [1.807, 2.05) is 19.1 Å². The number of nitrogens with two attached hydrogens (primary N) is 1. The molecular formula is C18H18N2O5. The number of aryl methyl sites for hydroxylation is 2. The van der Waals surface area contributed by atoms with E-state index in [4.69, 9.17) is 10.5 Å². The molecule has 7 heteroatoms. The lowest BCUT2D eigenvalue weighted by Gasteiger charge is -2.14. The molecule has 130 valence electrons. The third-order valence-corrected chi connectivity index (χ3v) is 3.77. The van der Waals surface area contributed by atoms with Crippen LogP contribution in [0.5, 0.6) is 0 Å². The van der Waals surface area contributed by atoms with Crippen molar-refractivity contribution in [2.24, 2.45) is 0 Å². The van der Waals surface area contributed by atoms with Gasteiger partial charge in [0.15, 0.2) is 6.10 Å². The highest BCUT2D eigenvalue weighted by atomic mass is 16.6. The standard InChI is InChI=1S/C18H18N2O5/c1-10-4-5-11(2)14(8-10)17(21)12(3)25-18(22)13-6-7-15(19)16(9-13)20(23)24/h4-9,12H,19H2,1-3H3/t12-/m0/s1. The molecule has 2 rings (SSSR count). The van der Waals surface area contributed by atoms with Crippen LogP contribution in [0.1, 0.15) is 38.8 Å². The van der Waals surface area contributed by atoms with Gasteiger partial charge in [-0.2, -0.15) is 0 Å². The molecule has 0 bridgehead atoms. The first-order chi connectivity index (χ1) is 11.7. The molecule has 0 aromatic heterocycles. The van der Waals surface area contributed by atoms with Gasteiger partial charge in [-0.3, -0.25) is 14.9 Å². The van der Waals surface area contributed by atoms with Gasteiger partial charge in [0, 0.05) is 11.6 Å². The van der Waals surface area contributed by atoms with E-state index in [-0.39, 0.29) is 22.7 Å². The van der Waals surface area contributed by atoms with Crippen molar-refractivity contribution in [1.29, 1.82) is 0 Å². The average molecular weight is 342 g/mol. The van der Waals surface area contributed by atoms with E-state index < -0.39 is 17.0 Å². The van der Waals surface area contributed by atoms with Crippen LogP contribution in [0, 0.1) is 24.0 Å². The van der Waals surface area contributed by atoms with Gasteiger partial charge >= 0.3 is 5.97 Å². The van der Waals surface area contributed by atoms with Gasteiger partial charge < -0.3 is 10.5 Å². The number of ether oxygens (including phenoxy) is 1. The highest BCUT2D eigenvalue weighted by Crippen LogP contribution is 2.23. The predicted molar refractivity (Wildman–Crippen MR) is 92.6 cm³/mol. The number of nitrogens with zero attached hydrogens (tertiary/aromatic N) is 1. The van der Waals surface area contributed by atoms with Crippen LogP contribution in [-0.4, -0.2) is 22.8 Å². The number of rotatable bonds is 5. The topological polar surface area (TPSA) is 113 Å². The number of anilines is 1. The Kier molecular flexibility index (Phi) is 5.17. The Morgan fingerprint density at radius 2 is 1.84 bits per heavy atom. The number of hydrogen-bond acceptors (Lipinski definition) is 6. The summed E-state index contributed by atoms with van der Waals surface area (Å²) >= 11 is 0. The van der Waals surface area contributed by atoms with Gasteiger partial charge in [0.25, 0.3) is 5.69 Å². The van der Waals surface area contributed by atoms with E-state index in [1.165, 1.54) is 19.1 Å². The molecule has 0 aliphatic carbocycles. The summed E-state index contributed by atoms with van der Waals surface area (Å²) in [5.74, 6) is -1.16. The molecule has 2 aromatic rings. The van der Waals surface area contributed by atoms with Crippen molar-refractivity contribution < 1.29 is 19.2 Å². The Hall–Kier alpha value is -3.22. The van der Waals surface area contributed by atoms with Crippen molar-refractivity contribution in [3.8, 4) is 0 Å². The molecule has 0 heterocycles. The van der Waals surface area contributed by atoms with Crippen LogP contribution in [0.15, 0.2) is 36.4 Å². The van der Waals surface area contributed by atoms with E-state index in [0.717, 1.165) is 17.2 Å². The minimum atomic E-state index is -1.02. The molecule has 25 heavy (non-hydrogen) atoms. The summed E-state index contributed by atoms with van der Waals surface area (Å²) in [6.07, 6.45) is -1.02. The lowest BCUT2D eigenvalue weighted by molar-refractivity contribution is -0.383. The summed E-state index contributed by atoms with van der Waals surface area (Å²) in [7, 11) is 0. The SMILES string of the molecule is Cc1ccc(C)c(C(=O)[C@H](C)OC(=O)c2ccc(N)c([N+](=O)[O-])c2)c1. The second-order valence-corrected chi connectivity index (χ2v) is 5.76. The van der Waals surface area contributed by atoms with Gasteiger partial charge in [0.2, 0.25) is 5.78 Å². The summed E-state index contributed by atoms with van der Waals surface area (Å²) in [6, 6.07) is 9.05. The molecule has 0 aliphatic heterocycles. The van der Waals surface area contributed by atoms with E-state index >= 15 is 0 Å². The van der Waals surface area contributed by atoms with Gasteiger partial charge in [-0.1, -0.05) is 17.7 Å². The second-order valence-electron chi connectivity index (χ2n) is 5.76.